The highest BCUT2D eigenvalue weighted by Gasteiger charge is 2.12. The van der Waals surface area contributed by atoms with Crippen LogP contribution >= 0.6 is 0 Å². The quantitative estimate of drug-likeness (QED) is 0.797. The molecule has 5 heteroatoms. The zero-order valence-corrected chi connectivity index (χ0v) is 10.9. The molecule has 0 radical (unpaired) electrons. The standard InChI is InChI=1S/C15H15N3O2/c16-13-7-11(15(19)20)8-17-14(13)18-12-5-4-9-2-1-3-10(9)6-12/h4-8H,1-3,16H2,(H,17,18)(H,19,20). The summed E-state index contributed by atoms with van der Waals surface area (Å²) >= 11 is 0. The van der Waals surface area contributed by atoms with E-state index < -0.39 is 5.97 Å². The van der Waals surface area contributed by atoms with E-state index in [0.29, 0.717) is 11.5 Å². The molecule has 0 unspecified atom stereocenters. The van der Waals surface area contributed by atoms with E-state index in [1.807, 2.05) is 6.07 Å². The molecule has 0 spiro atoms. The van der Waals surface area contributed by atoms with Gasteiger partial charge in [-0.3, -0.25) is 0 Å². The van der Waals surface area contributed by atoms with Crippen molar-refractivity contribution >= 4 is 23.2 Å². The average Bonchev–Trinajstić information content (AvgIpc) is 2.88. The fourth-order valence-corrected chi connectivity index (χ4v) is 2.49. The van der Waals surface area contributed by atoms with Crippen LogP contribution in [0.1, 0.15) is 27.9 Å². The van der Waals surface area contributed by atoms with Gasteiger partial charge in [0.1, 0.15) is 0 Å². The molecule has 0 amide bonds. The molecule has 2 aromatic rings. The van der Waals surface area contributed by atoms with Gasteiger partial charge in [-0.2, -0.15) is 0 Å². The van der Waals surface area contributed by atoms with E-state index in [1.165, 1.54) is 29.8 Å². The van der Waals surface area contributed by atoms with Crippen molar-refractivity contribution < 1.29 is 9.90 Å². The molecule has 1 heterocycles. The molecule has 1 aromatic heterocycles. The molecule has 1 aromatic carbocycles. The third-order valence-electron chi connectivity index (χ3n) is 3.53. The summed E-state index contributed by atoms with van der Waals surface area (Å²) in [5, 5.41) is 12.0. The highest BCUT2D eigenvalue weighted by Crippen LogP contribution is 2.27. The maximum absolute atomic E-state index is 10.8. The van der Waals surface area contributed by atoms with Crippen LogP contribution in [0.25, 0.3) is 0 Å². The molecule has 0 atom stereocenters. The molecule has 5 nitrogen and oxygen atoms in total. The first-order chi connectivity index (χ1) is 9.63. The van der Waals surface area contributed by atoms with Gasteiger partial charge in [0, 0.05) is 11.9 Å². The van der Waals surface area contributed by atoms with Gasteiger partial charge in [0.25, 0.3) is 0 Å². The van der Waals surface area contributed by atoms with Gasteiger partial charge in [0.05, 0.1) is 11.3 Å². The molecule has 3 rings (SSSR count). The molecule has 0 saturated heterocycles. The predicted molar refractivity (Wildman–Crippen MR) is 77.4 cm³/mol. The first kappa shape index (κ1) is 12.5. The minimum absolute atomic E-state index is 0.0852. The van der Waals surface area contributed by atoms with Crippen LogP contribution in [0.3, 0.4) is 0 Å². The van der Waals surface area contributed by atoms with Gasteiger partial charge in [-0.1, -0.05) is 6.07 Å². The topological polar surface area (TPSA) is 88.2 Å². The Morgan fingerprint density at radius 3 is 2.80 bits per heavy atom. The molecule has 1 aliphatic rings. The number of nitrogen functional groups attached to an aromatic ring is 1. The molecular formula is C15H15N3O2. The number of aryl methyl sites for hydroxylation is 2. The summed E-state index contributed by atoms with van der Waals surface area (Å²) in [5.74, 6) is -0.554. The van der Waals surface area contributed by atoms with Crippen LogP contribution in [-0.2, 0) is 12.8 Å². The second kappa shape index (κ2) is 4.85. The number of carboxylic acid groups (broad SMARTS) is 1. The van der Waals surface area contributed by atoms with Crippen molar-refractivity contribution in [2.24, 2.45) is 0 Å². The van der Waals surface area contributed by atoms with E-state index in [0.717, 1.165) is 18.5 Å². The van der Waals surface area contributed by atoms with Crippen LogP contribution in [-0.4, -0.2) is 16.1 Å². The summed E-state index contributed by atoms with van der Waals surface area (Å²) in [6, 6.07) is 7.63. The van der Waals surface area contributed by atoms with Gasteiger partial charge in [-0.15, -0.1) is 0 Å². The number of carbonyl (C=O) groups is 1. The summed E-state index contributed by atoms with van der Waals surface area (Å²) in [6.45, 7) is 0. The van der Waals surface area contributed by atoms with Crippen molar-refractivity contribution in [3.05, 3.63) is 47.2 Å². The van der Waals surface area contributed by atoms with Crippen molar-refractivity contribution in [2.75, 3.05) is 11.1 Å². The number of carboxylic acids is 1. The van der Waals surface area contributed by atoms with E-state index in [-0.39, 0.29) is 5.56 Å². The summed E-state index contributed by atoms with van der Waals surface area (Å²) < 4.78 is 0. The second-order valence-corrected chi connectivity index (χ2v) is 4.93. The smallest absolute Gasteiger partial charge is 0.337 e. The Balaban J connectivity index is 1.86. The lowest BCUT2D eigenvalue weighted by atomic mass is 10.1. The number of nitrogens with zero attached hydrogens (tertiary/aromatic N) is 1. The molecular weight excluding hydrogens is 254 g/mol. The number of pyridine rings is 1. The maximum Gasteiger partial charge on any atom is 0.337 e. The highest BCUT2D eigenvalue weighted by molar-refractivity contribution is 5.89. The summed E-state index contributed by atoms with van der Waals surface area (Å²) in [5.41, 5.74) is 9.92. The summed E-state index contributed by atoms with van der Waals surface area (Å²) in [4.78, 5) is 14.9. The van der Waals surface area contributed by atoms with Crippen molar-refractivity contribution in [2.45, 2.75) is 19.3 Å². The third kappa shape index (κ3) is 2.30. The summed E-state index contributed by atoms with van der Waals surface area (Å²) in [7, 11) is 0. The molecule has 4 N–H and O–H groups in total. The zero-order valence-electron chi connectivity index (χ0n) is 10.9. The van der Waals surface area contributed by atoms with Crippen LogP contribution in [0.2, 0.25) is 0 Å². The maximum atomic E-state index is 10.8. The number of hydrogen-bond donors (Lipinski definition) is 3. The first-order valence-corrected chi connectivity index (χ1v) is 6.51. The van der Waals surface area contributed by atoms with E-state index in [1.54, 1.807) is 0 Å². The summed E-state index contributed by atoms with van der Waals surface area (Å²) in [6.07, 6.45) is 4.75. The van der Waals surface area contributed by atoms with Gasteiger partial charge in [-0.05, 0) is 48.6 Å². The minimum atomic E-state index is -1.03. The van der Waals surface area contributed by atoms with E-state index in [9.17, 15) is 4.79 Å². The van der Waals surface area contributed by atoms with Gasteiger partial charge in [-0.25, -0.2) is 9.78 Å². The van der Waals surface area contributed by atoms with Crippen LogP contribution in [0.15, 0.2) is 30.5 Å². The largest absolute Gasteiger partial charge is 0.478 e. The molecule has 1 aliphatic carbocycles. The number of hydrogen-bond acceptors (Lipinski definition) is 4. The number of anilines is 3. The lowest BCUT2D eigenvalue weighted by Gasteiger charge is -2.10. The zero-order chi connectivity index (χ0) is 14.1. The van der Waals surface area contributed by atoms with Gasteiger partial charge >= 0.3 is 5.97 Å². The molecule has 102 valence electrons. The number of fused-ring (bicyclic) bond motifs is 1. The SMILES string of the molecule is Nc1cc(C(=O)O)cnc1Nc1ccc2c(c1)CCC2. The normalized spacial score (nSPS) is 13.0. The number of aromatic carboxylic acids is 1. The Morgan fingerprint density at radius 2 is 2.05 bits per heavy atom. The van der Waals surface area contributed by atoms with Gasteiger partial charge < -0.3 is 16.2 Å². The third-order valence-corrected chi connectivity index (χ3v) is 3.53. The van der Waals surface area contributed by atoms with Crippen LogP contribution in [0.5, 0.6) is 0 Å². The molecule has 0 fully saturated rings. The Labute approximate surface area is 116 Å². The second-order valence-electron chi connectivity index (χ2n) is 4.93. The van der Waals surface area contributed by atoms with E-state index in [4.69, 9.17) is 10.8 Å². The fourth-order valence-electron chi connectivity index (χ4n) is 2.49. The van der Waals surface area contributed by atoms with Crippen LogP contribution < -0.4 is 11.1 Å². The Hall–Kier alpha value is -2.56. The molecule has 0 aliphatic heterocycles. The molecule has 0 saturated carbocycles. The minimum Gasteiger partial charge on any atom is -0.478 e. The van der Waals surface area contributed by atoms with Crippen molar-refractivity contribution in [1.82, 2.24) is 4.98 Å². The predicted octanol–water partition coefficient (Wildman–Crippen LogP) is 2.59. The monoisotopic (exact) mass is 269 g/mol. The molecule has 20 heavy (non-hydrogen) atoms. The van der Waals surface area contributed by atoms with Crippen molar-refractivity contribution in [1.29, 1.82) is 0 Å². The van der Waals surface area contributed by atoms with Gasteiger partial charge in [0.15, 0.2) is 5.82 Å². The molecule has 0 bridgehead atoms. The number of rotatable bonds is 3. The van der Waals surface area contributed by atoms with Crippen molar-refractivity contribution in [3.8, 4) is 0 Å². The Morgan fingerprint density at radius 1 is 1.25 bits per heavy atom. The Bertz CT molecular complexity index is 683. The number of nitrogens with one attached hydrogen (secondary N) is 1. The fraction of sp³-hybridized carbons (Fsp3) is 0.200. The number of aromatic nitrogens is 1. The highest BCUT2D eigenvalue weighted by atomic mass is 16.4. The van der Waals surface area contributed by atoms with Crippen LogP contribution in [0, 0.1) is 0 Å². The number of nitrogens with two attached hydrogens (primary N) is 1. The van der Waals surface area contributed by atoms with E-state index >= 15 is 0 Å². The lowest BCUT2D eigenvalue weighted by Crippen LogP contribution is -2.04. The lowest BCUT2D eigenvalue weighted by molar-refractivity contribution is 0.0696. The van der Waals surface area contributed by atoms with Crippen LogP contribution in [0.4, 0.5) is 17.2 Å². The first-order valence-electron chi connectivity index (χ1n) is 6.51. The van der Waals surface area contributed by atoms with Crippen molar-refractivity contribution in [3.63, 3.8) is 0 Å². The Kier molecular flexibility index (Phi) is 3.02. The van der Waals surface area contributed by atoms with Gasteiger partial charge in [0.2, 0.25) is 0 Å². The average molecular weight is 269 g/mol. The van der Waals surface area contributed by atoms with E-state index in [2.05, 4.69) is 22.4 Å². The number of benzene rings is 1.